The van der Waals surface area contributed by atoms with Crippen LogP contribution in [-0.2, 0) is 19.6 Å². The summed E-state index contributed by atoms with van der Waals surface area (Å²) in [6, 6.07) is 16.4. The van der Waals surface area contributed by atoms with Gasteiger partial charge in [-0.3, -0.25) is 4.89 Å². The van der Waals surface area contributed by atoms with E-state index in [-0.39, 0.29) is 12.2 Å². The second kappa shape index (κ2) is 8.55. The van der Waals surface area contributed by atoms with Gasteiger partial charge in [0.15, 0.2) is 0 Å². The molecule has 0 aliphatic rings. The van der Waals surface area contributed by atoms with Crippen LogP contribution < -0.4 is 0 Å². The summed E-state index contributed by atoms with van der Waals surface area (Å²) in [6.07, 6.45) is -0.432. The highest BCUT2D eigenvalue weighted by Crippen LogP contribution is 2.20. The van der Waals surface area contributed by atoms with Gasteiger partial charge in [0.1, 0.15) is 0 Å². The van der Waals surface area contributed by atoms with Crippen LogP contribution in [0.15, 0.2) is 54.6 Å². The third-order valence-electron chi connectivity index (χ3n) is 2.84. The van der Waals surface area contributed by atoms with E-state index in [0.29, 0.717) is 6.42 Å². The van der Waals surface area contributed by atoms with E-state index in [0.717, 1.165) is 11.1 Å². The highest BCUT2D eigenvalue weighted by Gasteiger charge is 2.12. The van der Waals surface area contributed by atoms with Gasteiger partial charge in [0.05, 0.1) is 17.2 Å². The second-order valence-electron chi connectivity index (χ2n) is 4.57. The van der Waals surface area contributed by atoms with Crippen LogP contribution >= 0.6 is 0 Å². The summed E-state index contributed by atoms with van der Waals surface area (Å²) >= 11 is 0. The number of hydrogen-bond donors (Lipinski definition) is 0. The molecule has 6 nitrogen and oxygen atoms in total. The molecular weight excluding hydrogens is 300 g/mol. The van der Waals surface area contributed by atoms with E-state index in [9.17, 15) is 9.59 Å². The molecule has 0 N–H and O–H groups in total. The van der Waals surface area contributed by atoms with Gasteiger partial charge in [0, 0.05) is 0 Å². The van der Waals surface area contributed by atoms with Crippen molar-refractivity contribution in [2.24, 2.45) is 0 Å². The van der Waals surface area contributed by atoms with E-state index in [1.54, 1.807) is 18.2 Å². The minimum absolute atomic E-state index is 0.190. The second-order valence-corrected chi connectivity index (χ2v) is 4.57. The van der Waals surface area contributed by atoms with Crippen LogP contribution in [0.3, 0.4) is 0 Å². The summed E-state index contributed by atoms with van der Waals surface area (Å²) in [5.74, 6) is -0.786. The van der Waals surface area contributed by atoms with Gasteiger partial charge in [0.25, 0.3) is 0 Å². The van der Waals surface area contributed by atoms with E-state index < -0.39 is 12.1 Å². The maximum Gasteiger partial charge on any atom is 0.543 e. The van der Waals surface area contributed by atoms with Crippen LogP contribution in [0.25, 0.3) is 11.1 Å². The number of benzene rings is 2. The molecule has 0 fully saturated rings. The first-order valence-electron chi connectivity index (χ1n) is 7.08. The lowest BCUT2D eigenvalue weighted by Gasteiger charge is -2.05. The van der Waals surface area contributed by atoms with E-state index in [1.165, 1.54) is 0 Å². The Bertz CT molecular complexity index is 653. The molecule has 0 aromatic heterocycles. The maximum absolute atomic E-state index is 11.8. The van der Waals surface area contributed by atoms with E-state index in [1.807, 2.05) is 43.3 Å². The fraction of sp³-hybridized carbons (Fsp3) is 0.176. The van der Waals surface area contributed by atoms with Crippen LogP contribution in [-0.4, -0.2) is 18.7 Å². The molecule has 0 saturated carbocycles. The van der Waals surface area contributed by atoms with Gasteiger partial charge in [-0.25, -0.2) is 14.5 Å². The fourth-order valence-corrected chi connectivity index (χ4v) is 1.79. The summed E-state index contributed by atoms with van der Waals surface area (Å²) in [7, 11) is 0. The molecule has 0 aliphatic heterocycles. The predicted molar refractivity (Wildman–Crippen MR) is 81.1 cm³/mol. The van der Waals surface area contributed by atoms with Crippen LogP contribution in [0, 0.1) is 0 Å². The lowest BCUT2D eigenvalue weighted by Crippen LogP contribution is -2.12. The lowest BCUT2D eigenvalue weighted by atomic mass is 10.0. The van der Waals surface area contributed by atoms with Crippen molar-refractivity contribution in [3.05, 3.63) is 60.2 Å². The van der Waals surface area contributed by atoms with Gasteiger partial charge in [-0.2, -0.15) is 0 Å². The summed E-state index contributed by atoms with van der Waals surface area (Å²) in [4.78, 5) is 31.4. The number of rotatable bonds is 6. The molecule has 2 aromatic rings. The molecule has 6 heteroatoms. The van der Waals surface area contributed by atoms with Crippen LogP contribution in [0.5, 0.6) is 0 Å². The topological polar surface area (TPSA) is 71.1 Å². The van der Waals surface area contributed by atoms with Crippen molar-refractivity contribution in [2.75, 3.05) is 6.61 Å². The quantitative estimate of drug-likeness (QED) is 0.457. The molecule has 0 bridgehead atoms. The van der Waals surface area contributed by atoms with Crippen molar-refractivity contribution in [3.8, 4) is 11.1 Å². The minimum Gasteiger partial charge on any atom is -0.432 e. The van der Waals surface area contributed by atoms with Crippen molar-refractivity contribution in [1.29, 1.82) is 0 Å². The smallest absolute Gasteiger partial charge is 0.432 e. The molecule has 0 saturated heterocycles. The number of ether oxygens (including phenoxy) is 1. The van der Waals surface area contributed by atoms with Crippen molar-refractivity contribution in [1.82, 2.24) is 0 Å². The van der Waals surface area contributed by atoms with Gasteiger partial charge >= 0.3 is 12.1 Å². The number of hydrogen-bond acceptors (Lipinski definition) is 6. The first-order chi connectivity index (χ1) is 11.2. The Morgan fingerprint density at radius 3 is 2.39 bits per heavy atom. The molecule has 23 heavy (non-hydrogen) atoms. The minimum atomic E-state index is -1.07. The standard InChI is InChI=1S/C17H16O6/c1-2-11-20-17(19)22-23-21-16(18)15-10-6-9-14(12-15)13-7-4-3-5-8-13/h3-10,12H,2,11H2,1H3. The Morgan fingerprint density at radius 1 is 0.913 bits per heavy atom. The highest BCUT2D eigenvalue weighted by molar-refractivity contribution is 5.90. The Morgan fingerprint density at radius 2 is 1.65 bits per heavy atom. The SMILES string of the molecule is CCCOC(=O)OOOC(=O)c1cccc(-c2ccccc2)c1. The highest BCUT2D eigenvalue weighted by atomic mass is 17.5. The Balaban J connectivity index is 1.91. The van der Waals surface area contributed by atoms with Gasteiger partial charge in [-0.15, -0.1) is 0 Å². The maximum atomic E-state index is 11.8. The zero-order valence-electron chi connectivity index (χ0n) is 12.6. The van der Waals surface area contributed by atoms with Gasteiger partial charge < -0.3 is 4.74 Å². The molecule has 0 atom stereocenters. The first kappa shape index (κ1) is 16.5. The third kappa shape index (κ3) is 5.12. The van der Waals surface area contributed by atoms with Crippen molar-refractivity contribution >= 4 is 12.1 Å². The average molecular weight is 316 g/mol. The molecule has 120 valence electrons. The lowest BCUT2D eigenvalue weighted by molar-refractivity contribution is -0.452. The molecule has 0 radical (unpaired) electrons. The molecular formula is C17H16O6. The first-order valence-corrected chi connectivity index (χ1v) is 7.08. The van der Waals surface area contributed by atoms with Gasteiger partial charge in [-0.05, 0) is 29.7 Å². The summed E-state index contributed by atoms with van der Waals surface area (Å²) in [5.41, 5.74) is 2.07. The van der Waals surface area contributed by atoms with Crippen molar-refractivity contribution in [3.63, 3.8) is 0 Å². The Labute approximate surface area is 133 Å². The van der Waals surface area contributed by atoms with E-state index in [4.69, 9.17) is 0 Å². The summed E-state index contributed by atoms with van der Waals surface area (Å²) in [5, 5.41) is 4.13. The summed E-state index contributed by atoms with van der Waals surface area (Å²) < 4.78 is 4.58. The molecule has 0 amide bonds. The third-order valence-corrected chi connectivity index (χ3v) is 2.84. The van der Waals surface area contributed by atoms with Crippen LogP contribution in [0.2, 0.25) is 0 Å². The van der Waals surface area contributed by atoms with Crippen molar-refractivity contribution in [2.45, 2.75) is 13.3 Å². The summed E-state index contributed by atoms with van der Waals surface area (Å²) in [6.45, 7) is 2.02. The van der Waals surface area contributed by atoms with Gasteiger partial charge in [-0.1, -0.05) is 49.4 Å². The Hall–Kier alpha value is -2.86. The largest absolute Gasteiger partial charge is 0.543 e. The molecule has 0 spiro atoms. The zero-order valence-corrected chi connectivity index (χ0v) is 12.6. The van der Waals surface area contributed by atoms with Crippen LogP contribution in [0.4, 0.5) is 4.79 Å². The predicted octanol–water partition coefficient (Wildman–Crippen LogP) is 3.92. The molecule has 0 unspecified atom stereocenters. The normalized spacial score (nSPS) is 9.96. The zero-order chi connectivity index (χ0) is 16.5. The molecule has 0 heterocycles. The fourth-order valence-electron chi connectivity index (χ4n) is 1.79. The number of carbonyl (C=O) groups is 2. The Kier molecular flexibility index (Phi) is 6.14. The average Bonchev–Trinajstić information content (AvgIpc) is 2.60. The van der Waals surface area contributed by atoms with Gasteiger partial charge in [0.2, 0.25) is 0 Å². The van der Waals surface area contributed by atoms with Crippen molar-refractivity contribution < 1.29 is 29.1 Å². The monoisotopic (exact) mass is 316 g/mol. The molecule has 0 aliphatic carbocycles. The van der Waals surface area contributed by atoms with Crippen LogP contribution in [0.1, 0.15) is 23.7 Å². The molecule has 2 rings (SSSR count). The van der Waals surface area contributed by atoms with E-state index >= 15 is 0 Å². The molecule has 2 aromatic carbocycles. The van der Waals surface area contributed by atoms with E-state index in [2.05, 4.69) is 19.6 Å². The number of carbonyl (C=O) groups excluding carboxylic acids is 2.